The highest BCUT2D eigenvalue weighted by Gasteiger charge is 2.38. The molecule has 104 valence electrons. The van der Waals surface area contributed by atoms with Gasteiger partial charge in [0.2, 0.25) is 0 Å². The lowest BCUT2D eigenvalue weighted by Crippen LogP contribution is -2.56. The van der Waals surface area contributed by atoms with E-state index in [2.05, 4.69) is 5.32 Å². The van der Waals surface area contributed by atoms with Gasteiger partial charge in [0.25, 0.3) is 0 Å². The molecular formula is C16H22FNO. The van der Waals surface area contributed by atoms with Gasteiger partial charge in [-0.1, -0.05) is 12.1 Å². The van der Waals surface area contributed by atoms with Gasteiger partial charge >= 0.3 is 0 Å². The molecule has 1 N–H and O–H groups in total. The predicted molar refractivity (Wildman–Crippen MR) is 73.8 cm³/mol. The molecule has 2 nitrogen and oxygen atoms in total. The van der Waals surface area contributed by atoms with Crippen LogP contribution < -0.4 is 5.32 Å². The van der Waals surface area contributed by atoms with Crippen LogP contribution in [0.4, 0.5) is 4.39 Å². The summed E-state index contributed by atoms with van der Waals surface area (Å²) in [5.74, 6) is -0.148. The number of rotatable bonds is 5. The van der Waals surface area contributed by atoms with Gasteiger partial charge < -0.3 is 10.1 Å². The van der Waals surface area contributed by atoms with Gasteiger partial charge in [-0.3, -0.25) is 0 Å². The minimum atomic E-state index is -0.148. The number of benzene rings is 1. The largest absolute Gasteiger partial charge is 0.378 e. The molecule has 2 aliphatic heterocycles. The van der Waals surface area contributed by atoms with E-state index in [1.165, 1.54) is 37.7 Å². The zero-order valence-electron chi connectivity index (χ0n) is 11.3. The molecule has 0 saturated carbocycles. The van der Waals surface area contributed by atoms with Crippen LogP contribution in [0, 0.1) is 5.82 Å². The van der Waals surface area contributed by atoms with E-state index in [9.17, 15) is 4.39 Å². The van der Waals surface area contributed by atoms with Crippen LogP contribution in [0.3, 0.4) is 0 Å². The van der Waals surface area contributed by atoms with Crippen LogP contribution in [0.15, 0.2) is 24.3 Å². The van der Waals surface area contributed by atoms with Crippen molar-refractivity contribution in [2.45, 2.75) is 43.6 Å². The van der Waals surface area contributed by atoms with Gasteiger partial charge in [-0.2, -0.15) is 0 Å². The summed E-state index contributed by atoms with van der Waals surface area (Å²) in [5.41, 5.74) is 1.51. The lowest BCUT2D eigenvalue weighted by molar-refractivity contribution is 0.0980. The molecule has 1 aromatic rings. The van der Waals surface area contributed by atoms with E-state index < -0.39 is 0 Å². The maximum atomic E-state index is 13.0. The summed E-state index contributed by atoms with van der Waals surface area (Å²) in [5, 5.41) is 3.37. The molecule has 2 saturated heterocycles. The Bertz CT molecular complexity index is 407. The van der Waals surface area contributed by atoms with Gasteiger partial charge in [-0.15, -0.1) is 0 Å². The van der Waals surface area contributed by atoms with E-state index in [-0.39, 0.29) is 11.2 Å². The number of hydrogen-bond acceptors (Lipinski definition) is 2. The van der Waals surface area contributed by atoms with Gasteiger partial charge in [-0.05, 0) is 49.8 Å². The molecule has 3 rings (SSSR count). The van der Waals surface area contributed by atoms with E-state index in [0.717, 1.165) is 19.7 Å². The maximum absolute atomic E-state index is 13.0. The Hall–Kier alpha value is -0.930. The third-order valence-corrected chi connectivity index (χ3v) is 4.59. The van der Waals surface area contributed by atoms with Crippen molar-refractivity contribution in [2.75, 3.05) is 19.7 Å². The van der Waals surface area contributed by atoms with Crippen molar-refractivity contribution >= 4 is 0 Å². The molecule has 1 unspecified atom stereocenters. The molecule has 0 spiro atoms. The van der Waals surface area contributed by atoms with Gasteiger partial charge in [0.1, 0.15) is 5.82 Å². The van der Waals surface area contributed by atoms with Crippen LogP contribution in [0.2, 0.25) is 0 Å². The van der Waals surface area contributed by atoms with Crippen molar-refractivity contribution in [3.8, 4) is 0 Å². The molecular weight excluding hydrogens is 241 g/mol. The van der Waals surface area contributed by atoms with Crippen LogP contribution in [-0.4, -0.2) is 25.8 Å². The lowest BCUT2D eigenvalue weighted by atomic mass is 9.71. The fourth-order valence-electron chi connectivity index (χ4n) is 3.30. The summed E-state index contributed by atoms with van der Waals surface area (Å²) >= 11 is 0. The standard InChI is InChI=1S/C16H22FNO/c17-14-7-5-13(6-8-14)16(11-18-12-16)9-1-3-15-4-2-10-19-15/h5-8,15,18H,1-4,9-12H2. The molecule has 3 heteroatoms. The first-order valence-corrected chi connectivity index (χ1v) is 7.37. The molecule has 0 amide bonds. The Kier molecular flexibility index (Phi) is 3.85. The quantitative estimate of drug-likeness (QED) is 0.881. The van der Waals surface area contributed by atoms with Crippen LogP contribution in [-0.2, 0) is 10.2 Å². The summed E-state index contributed by atoms with van der Waals surface area (Å²) < 4.78 is 18.7. The first-order valence-electron chi connectivity index (χ1n) is 7.37. The summed E-state index contributed by atoms with van der Waals surface area (Å²) in [6.07, 6.45) is 6.47. The highest BCUT2D eigenvalue weighted by Crippen LogP contribution is 2.34. The average molecular weight is 263 g/mol. The molecule has 19 heavy (non-hydrogen) atoms. The second-order valence-electron chi connectivity index (χ2n) is 5.92. The molecule has 0 bridgehead atoms. The monoisotopic (exact) mass is 263 g/mol. The van der Waals surface area contributed by atoms with Crippen LogP contribution in [0.25, 0.3) is 0 Å². The van der Waals surface area contributed by atoms with Crippen molar-refractivity contribution in [1.29, 1.82) is 0 Å². The summed E-state index contributed by atoms with van der Waals surface area (Å²) in [6, 6.07) is 7.05. The fraction of sp³-hybridized carbons (Fsp3) is 0.625. The van der Waals surface area contributed by atoms with Crippen molar-refractivity contribution in [3.05, 3.63) is 35.6 Å². The highest BCUT2D eigenvalue weighted by atomic mass is 19.1. The van der Waals surface area contributed by atoms with E-state index in [4.69, 9.17) is 4.74 Å². The van der Waals surface area contributed by atoms with Crippen molar-refractivity contribution < 1.29 is 9.13 Å². The first-order chi connectivity index (χ1) is 9.28. The van der Waals surface area contributed by atoms with Crippen molar-refractivity contribution in [2.24, 2.45) is 0 Å². The maximum Gasteiger partial charge on any atom is 0.123 e. The molecule has 0 aliphatic carbocycles. The second-order valence-corrected chi connectivity index (χ2v) is 5.92. The van der Waals surface area contributed by atoms with Gasteiger partial charge in [-0.25, -0.2) is 4.39 Å². The molecule has 2 fully saturated rings. The normalized spacial score (nSPS) is 25.2. The molecule has 2 aliphatic rings. The molecule has 2 heterocycles. The second kappa shape index (κ2) is 5.59. The number of ether oxygens (including phenoxy) is 1. The van der Waals surface area contributed by atoms with Gasteiger partial charge in [0.15, 0.2) is 0 Å². The SMILES string of the molecule is Fc1ccc(C2(CCCC3CCCO3)CNC2)cc1. The Morgan fingerprint density at radius 2 is 2.05 bits per heavy atom. The zero-order chi connectivity index (χ0) is 13.1. The van der Waals surface area contributed by atoms with Gasteiger partial charge in [0.05, 0.1) is 6.10 Å². The number of nitrogens with one attached hydrogen (secondary N) is 1. The molecule has 1 atom stereocenters. The summed E-state index contributed by atoms with van der Waals surface area (Å²) in [4.78, 5) is 0. The fourth-order valence-corrected chi connectivity index (χ4v) is 3.30. The lowest BCUT2D eigenvalue weighted by Gasteiger charge is -2.43. The Morgan fingerprint density at radius 3 is 2.63 bits per heavy atom. The van der Waals surface area contributed by atoms with Crippen LogP contribution in [0.1, 0.15) is 37.7 Å². The average Bonchev–Trinajstić information content (AvgIpc) is 2.87. The molecule has 0 aromatic heterocycles. The van der Waals surface area contributed by atoms with Gasteiger partial charge in [0, 0.05) is 25.1 Å². The topological polar surface area (TPSA) is 21.3 Å². The Balaban J connectivity index is 1.58. The van der Waals surface area contributed by atoms with Crippen molar-refractivity contribution in [1.82, 2.24) is 5.32 Å². The van der Waals surface area contributed by atoms with E-state index in [0.29, 0.717) is 6.10 Å². The van der Waals surface area contributed by atoms with E-state index in [1.54, 1.807) is 12.1 Å². The van der Waals surface area contributed by atoms with Crippen LogP contribution in [0.5, 0.6) is 0 Å². The third kappa shape index (κ3) is 2.82. The summed E-state index contributed by atoms with van der Waals surface area (Å²) in [7, 11) is 0. The zero-order valence-corrected chi connectivity index (χ0v) is 11.3. The predicted octanol–water partition coefficient (Wildman–Crippen LogP) is 3.02. The summed E-state index contributed by atoms with van der Waals surface area (Å²) in [6.45, 7) is 2.98. The van der Waals surface area contributed by atoms with Crippen molar-refractivity contribution in [3.63, 3.8) is 0 Å². The third-order valence-electron chi connectivity index (χ3n) is 4.59. The highest BCUT2D eigenvalue weighted by molar-refractivity contribution is 5.30. The van der Waals surface area contributed by atoms with E-state index >= 15 is 0 Å². The molecule has 1 aromatic carbocycles. The van der Waals surface area contributed by atoms with Crippen LogP contribution >= 0.6 is 0 Å². The molecule has 0 radical (unpaired) electrons. The number of halogens is 1. The minimum Gasteiger partial charge on any atom is -0.378 e. The first kappa shape index (κ1) is 13.1. The van der Waals surface area contributed by atoms with E-state index in [1.807, 2.05) is 12.1 Å². The number of hydrogen-bond donors (Lipinski definition) is 1. The smallest absolute Gasteiger partial charge is 0.123 e. The minimum absolute atomic E-state index is 0.148. The Morgan fingerprint density at radius 1 is 1.26 bits per heavy atom. The Labute approximate surface area is 114 Å².